The van der Waals surface area contributed by atoms with E-state index in [-0.39, 0.29) is 0 Å². The smallest absolute Gasteiger partial charge is 0.115 e. The lowest BCUT2D eigenvalue weighted by atomic mass is 10.6. The Morgan fingerprint density at radius 2 is 0.500 bits per heavy atom. The van der Waals surface area contributed by atoms with Gasteiger partial charge in [-0.3, -0.25) is 9.97 Å². The Labute approximate surface area is 228 Å². The summed E-state index contributed by atoms with van der Waals surface area (Å²) in [6, 6.07) is 5.43. The van der Waals surface area contributed by atoms with Crippen molar-refractivity contribution in [3.05, 3.63) is 74.1 Å². The van der Waals surface area contributed by atoms with Gasteiger partial charge in [-0.2, -0.15) is 10.2 Å². The number of nitrogens with zero attached hydrogens (tertiary/aromatic N) is 6. The van der Waals surface area contributed by atoms with Crippen LogP contribution in [-0.4, -0.2) is 30.1 Å². The fourth-order valence-corrected chi connectivity index (χ4v) is 0.760. The van der Waals surface area contributed by atoms with Gasteiger partial charge in [0.15, 0.2) is 0 Å². The van der Waals surface area contributed by atoms with Crippen LogP contribution in [0.5, 0.6) is 0 Å². The minimum atomic E-state index is 1.50. The summed E-state index contributed by atoms with van der Waals surface area (Å²) >= 11 is 0. The molecule has 0 aliphatic rings. The average molecular weight is 511 g/mol. The van der Waals surface area contributed by atoms with E-state index >= 15 is 0 Å². The predicted octanol–water partition coefficient (Wildman–Crippen LogP) is 10.7. The van der Waals surface area contributed by atoms with Crippen molar-refractivity contribution < 1.29 is 0 Å². The lowest BCUT2D eigenvalue weighted by Crippen LogP contribution is -1.69. The molecule has 0 spiro atoms. The van der Waals surface area contributed by atoms with Gasteiger partial charge in [0.2, 0.25) is 0 Å². The molecule has 0 aliphatic carbocycles. The summed E-state index contributed by atoms with van der Waals surface area (Å²) in [5.74, 6) is 0. The summed E-state index contributed by atoms with van der Waals surface area (Å²) in [5, 5.41) is 7.07. The van der Waals surface area contributed by atoms with E-state index in [4.69, 9.17) is 0 Å². The van der Waals surface area contributed by atoms with Crippen molar-refractivity contribution in [1.29, 1.82) is 0 Å². The van der Waals surface area contributed by atoms with Gasteiger partial charge in [0.05, 0.1) is 0 Å². The van der Waals surface area contributed by atoms with E-state index < -0.39 is 0 Å². The predicted molar refractivity (Wildman–Crippen MR) is 168 cm³/mol. The van der Waals surface area contributed by atoms with Crippen molar-refractivity contribution in [2.75, 3.05) is 0 Å². The fraction of sp³-hybridized carbons (Fsp3) is 0.600. The number of rotatable bonds is 0. The lowest BCUT2D eigenvalue weighted by molar-refractivity contribution is 1.03. The van der Waals surface area contributed by atoms with Crippen LogP contribution in [0.1, 0.15) is 125 Å². The topological polar surface area (TPSA) is 77.3 Å². The van der Waals surface area contributed by atoms with Crippen molar-refractivity contribution in [2.45, 2.75) is 125 Å². The monoisotopic (exact) mass is 511 g/mol. The minimum Gasteiger partial charge on any atom is -0.262 e. The van der Waals surface area contributed by atoms with E-state index in [0.29, 0.717) is 0 Å². The average Bonchev–Trinajstić information content (AvgIpc) is 3.09. The Morgan fingerprint density at radius 1 is 0.250 bits per heavy atom. The molecule has 0 saturated carbocycles. The number of hydrogen-bond acceptors (Lipinski definition) is 6. The van der Waals surface area contributed by atoms with Crippen LogP contribution in [0.25, 0.3) is 0 Å². The standard InChI is InChI=1S/3C4H4N2.9C2H6/c1-2-6-4-3-5-1;1-2-5-4-6-3-1;1-2-4-6-5-3-1;9*1-2/h3*1-4H;9*1-2H3. The molecule has 0 fully saturated rings. The van der Waals surface area contributed by atoms with Gasteiger partial charge in [0.1, 0.15) is 6.33 Å². The molecule has 0 unspecified atom stereocenters. The zero-order valence-electron chi connectivity index (χ0n) is 27.6. The Balaban J connectivity index is -0.0000000334. The van der Waals surface area contributed by atoms with Crippen molar-refractivity contribution in [3.63, 3.8) is 0 Å². The maximum absolute atomic E-state index is 3.72. The number of hydrogen-bond donors (Lipinski definition) is 0. The van der Waals surface area contributed by atoms with Crippen LogP contribution >= 0.6 is 0 Å². The number of aromatic nitrogens is 6. The van der Waals surface area contributed by atoms with E-state index in [1.165, 1.54) is 6.33 Å². The molecule has 0 N–H and O–H groups in total. The molecule has 36 heavy (non-hydrogen) atoms. The molecule has 3 rings (SSSR count). The van der Waals surface area contributed by atoms with Crippen molar-refractivity contribution in [1.82, 2.24) is 30.1 Å². The van der Waals surface area contributed by atoms with Gasteiger partial charge in [-0.15, -0.1) is 0 Å². The van der Waals surface area contributed by atoms with Gasteiger partial charge in [-0.25, -0.2) is 9.97 Å². The van der Waals surface area contributed by atoms with E-state index in [1.807, 2.05) is 137 Å². The fourth-order valence-electron chi connectivity index (χ4n) is 0.760. The summed E-state index contributed by atoms with van der Waals surface area (Å²) in [7, 11) is 0. The van der Waals surface area contributed by atoms with Crippen molar-refractivity contribution >= 4 is 0 Å². The molecule has 3 heterocycles. The molecule has 216 valence electrons. The van der Waals surface area contributed by atoms with E-state index in [0.717, 1.165) is 0 Å². The Hall–Kier alpha value is -2.76. The quantitative estimate of drug-likeness (QED) is 0.299. The van der Waals surface area contributed by atoms with Gasteiger partial charge in [-0.05, 0) is 18.2 Å². The molecule has 6 heteroatoms. The highest BCUT2D eigenvalue weighted by Crippen LogP contribution is 1.68. The molecule has 0 radical (unpaired) electrons. The summed E-state index contributed by atoms with van der Waals surface area (Å²) < 4.78 is 0. The van der Waals surface area contributed by atoms with Crippen LogP contribution in [0.4, 0.5) is 0 Å². The zero-order valence-corrected chi connectivity index (χ0v) is 27.6. The summed E-state index contributed by atoms with van der Waals surface area (Å²) in [4.78, 5) is 14.8. The normalized spacial score (nSPS) is 5.50. The molecule has 0 bridgehead atoms. The van der Waals surface area contributed by atoms with Gasteiger partial charge in [-0.1, -0.05) is 125 Å². The van der Waals surface area contributed by atoms with E-state index in [1.54, 1.807) is 55.6 Å². The first-order valence-electron chi connectivity index (χ1n) is 14.1. The van der Waals surface area contributed by atoms with Crippen molar-refractivity contribution in [2.24, 2.45) is 0 Å². The van der Waals surface area contributed by atoms with Crippen LogP contribution in [0.3, 0.4) is 0 Å². The molecule has 3 aromatic rings. The first kappa shape index (κ1) is 58.8. The third-order valence-corrected chi connectivity index (χ3v) is 1.44. The van der Waals surface area contributed by atoms with Crippen LogP contribution in [0.2, 0.25) is 0 Å². The highest BCUT2D eigenvalue weighted by Gasteiger charge is 1.60. The summed E-state index contributed by atoms with van der Waals surface area (Å²) in [5.41, 5.74) is 0. The second kappa shape index (κ2) is 135. The van der Waals surface area contributed by atoms with E-state index in [2.05, 4.69) is 30.1 Å². The van der Waals surface area contributed by atoms with Crippen LogP contribution in [0.15, 0.2) is 74.1 Å². The lowest BCUT2D eigenvalue weighted by Gasteiger charge is -1.70. The van der Waals surface area contributed by atoms with Gasteiger partial charge < -0.3 is 0 Å². The molecule has 0 aromatic carbocycles. The summed E-state index contributed by atoms with van der Waals surface area (Å²) in [6.07, 6.45) is 14.7. The highest BCUT2D eigenvalue weighted by molar-refractivity contribution is 4.80. The van der Waals surface area contributed by atoms with Crippen LogP contribution in [-0.2, 0) is 0 Å². The van der Waals surface area contributed by atoms with Crippen LogP contribution in [0, 0.1) is 0 Å². The molecule has 0 saturated heterocycles. The molecule has 3 aromatic heterocycles. The Kier molecular flexibility index (Phi) is 221. The largest absolute Gasteiger partial charge is 0.262 e. The maximum atomic E-state index is 3.72. The van der Waals surface area contributed by atoms with Gasteiger partial charge in [0.25, 0.3) is 0 Å². The Morgan fingerprint density at radius 3 is 0.583 bits per heavy atom. The molecule has 0 atom stereocenters. The molecular weight excluding hydrogens is 444 g/mol. The Bertz CT molecular complexity index is 314. The van der Waals surface area contributed by atoms with Gasteiger partial charge >= 0.3 is 0 Å². The third-order valence-electron chi connectivity index (χ3n) is 1.44. The van der Waals surface area contributed by atoms with E-state index in [9.17, 15) is 0 Å². The highest BCUT2D eigenvalue weighted by atomic mass is 15.1. The molecule has 0 amide bonds. The van der Waals surface area contributed by atoms with Gasteiger partial charge in [0, 0.05) is 49.6 Å². The second-order valence-electron chi connectivity index (χ2n) is 2.71. The molecule has 0 aliphatic heterocycles. The molecular formula is C30H66N6. The second-order valence-corrected chi connectivity index (χ2v) is 2.71. The van der Waals surface area contributed by atoms with Crippen LogP contribution < -0.4 is 0 Å². The maximum Gasteiger partial charge on any atom is 0.115 e. The minimum absolute atomic E-state index is 1.50. The van der Waals surface area contributed by atoms with Crippen molar-refractivity contribution in [3.8, 4) is 0 Å². The first-order valence-corrected chi connectivity index (χ1v) is 14.1. The summed E-state index contributed by atoms with van der Waals surface area (Å²) in [6.45, 7) is 36.0. The SMILES string of the molecule is CC.CC.CC.CC.CC.CC.CC.CC.CC.c1ccnnc1.c1cnccn1.c1cncnc1. The third kappa shape index (κ3) is 123. The first-order chi connectivity index (χ1) is 18.0. The molecule has 6 nitrogen and oxygen atoms in total. The zero-order chi connectivity index (χ0) is 30.7.